The van der Waals surface area contributed by atoms with Crippen molar-refractivity contribution in [3.05, 3.63) is 85.9 Å². The van der Waals surface area contributed by atoms with Crippen LogP contribution in [0, 0.1) is 29.8 Å². The highest BCUT2D eigenvalue weighted by atomic mass is 35.5. The number of nitrogens with zero attached hydrogens (tertiary/aromatic N) is 6. The minimum atomic E-state index is -0.594. The Hall–Kier alpha value is -4.06. The van der Waals surface area contributed by atoms with Crippen LogP contribution in [0.25, 0.3) is 0 Å². The first kappa shape index (κ1) is 22.1. The molecular weight excluding hydrogens is 457 g/mol. The molecule has 0 aliphatic carbocycles. The second-order valence-corrected chi connectivity index (χ2v) is 7.61. The van der Waals surface area contributed by atoms with Gasteiger partial charge >= 0.3 is 5.82 Å². The van der Waals surface area contributed by atoms with E-state index < -0.39 is 16.6 Å². The van der Waals surface area contributed by atoms with Crippen LogP contribution in [0.2, 0.25) is 5.02 Å². The third-order valence-corrected chi connectivity index (χ3v) is 5.29. The van der Waals surface area contributed by atoms with Crippen LogP contribution in [-0.4, -0.2) is 35.5 Å². The van der Waals surface area contributed by atoms with Gasteiger partial charge in [0.05, 0.1) is 47.4 Å². The van der Waals surface area contributed by atoms with E-state index in [9.17, 15) is 19.3 Å². The number of rotatable bonds is 7. The maximum atomic E-state index is 14.0. The van der Waals surface area contributed by atoms with Crippen molar-refractivity contribution in [2.24, 2.45) is 0 Å². The number of halogens is 2. The number of carbonyl (C=O) groups is 1. The zero-order valence-electron chi connectivity index (χ0n) is 17.5. The molecule has 3 aromatic heterocycles. The number of benzene rings is 1. The molecule has 0 saturated heterocycles. The highest BCUT2D eigenvalue weighted by molar-refractivity contribution is 6.31. The van der Waals surface area contributed by atoms with E-state index in [1.54, 1.807) is 19.9 Å². The minimum Gasteiger partial charge on any atom is -0.361 e. The first-order chi connectivity index (χ1) is 15.7. The molecule has 3 heterocycles. The molecule has 1 amide bonds. The third-order valence-electron chi connectivity index (χ3n) is 4.94. The van der Waals surface area contributed by atoms with Gasteiger partial charge in [0.25, 0.3) is 5.91 Å². The minimum absolute atomic E-state index is 0.00921. The Morgan fingerprint density at radius 2 is 2.09 bits per heavy atom. The number of aryl methyl sites for hydroxylation is 2. The average Bonchev–Trinajstić information content (AvgIpc) is 3.45. The topological polar surface area (TPSA) is 134 Å². The lowest BCUT2D eigenvalue weighted by atomic mass is 10.2. The summed E-state index contributed by atoms with van der Waals surface area (Å²) in [5.41, 5.74) is 1.61. The molecule has 1 aromatic carbocycles. The van der Waals surface area contributed by atoms with Crippen LogP contribution in [0.15, 0.2) is 41.2 Å². The van der Waals surface area contributed by atoms with E-state index in [1.807, 2.05) is 0 Å². The van der Waals surface area contributed by atoms with Crippen LogP contribution in [-0.2, 0) is 13.1 Å². The van der Waals surface area contributed by atoms with Crippen LogP contribution in [0.5, 0.6) is 0 Å². The zero-order chi connectivity index (χ0) is 23.7. The Balaban J connectivity index is 1.51. The number of amides is 1. The SMILES string of the molecule is Cc1onc(C(=O)Nc2cnn(Cc3c(F)cccc3Cl)c2)c1Cn1nc([N+](=O)[O-])cc1C. The molecule has 0 saturated carbocycles. The van der Waals surface area contributed by atoms with Crippen LogP contribution < -0.4 is 5.32 Å². The summed E-state index contributed by atoms with van der Waals surface area (Å²) in [5, 5.41) is 25.8. The normalized spacial score (nSPS) is 11.0. The van der Waals surface area contributed by atoms with Crippen molar-refractivity contribution in [2.45, 2.75) is 26.9 Å². The van der Waals surface area contributed by atoms with Crippen molar-refractivity contribution in [1.82, 2.24) is 24.7 Å². The quantitative estimate of drug-likeness (QED) is 0.319. The van der Waals surface area contributed by atoms with Crippen molar-refractivity contribution in [2.75, 3.05) is 5.32 Å². The van der Waals surface area contributed by atoms with Gasteiger partial charge in [0.2, 0.25) is 0 Å². The summed E-state index contributed by atoms with van der Waals surface area (Å²) < 4.78 is 22.0. The highest BCUT2D eigenvalue weighted by Gasteiger charge is 2.24. The van der Waals surface area contributed by atoms with Crippen molar-refractivity contribution in [3.63, 3.8) is 0 Å². The van der Waals surface area contributed by atoms with E-state index in [2.05, 4.69) is 20.7 Å². The number of hydrogen-bond donors (Lipinski definition) is 1. The molecule has 0 unspecified atom stereocenters. The number of hydrogen-bond acceptors (Lipinski definition) is 7. The van der Waals surface area contributed by atoms with Crippen LogP contribution in [0.4, 0.5) is 15.9 Å². The van der Waals surface area contributed by atoms with Gasteiger partial charge < -0.3 is 20.0 Å². The van der Waals surface area contributed by atoms with Gasteiger partial charge in [-0.1, -0.05) is 22.8 Å². The predicted octanol–water partition coefficient (Wildman–Crippen LogP) is 3.73. The fourth-order valence-electron chi connectivity index (χ4n) is 3.20. The summed E-state index contributed by atoms with van der Waals surface area (Å²) >= 11 is 6.05. The van der Waals surface area contributed by atoms with Crippen LogP contribution in [0.3, 0.4) is 0 Å². The van der Waals surface area contributed by atoms with E-state index >= 15 is 0 Å². The lowest BCUT2D eigenvalue weighted by molar-refractivity contribution is -0.389. The summed E-state index contributed by atoms with van der Waals surface area (Å²) in [7, 11) is 0. The molecule has 0 spiro atoms. The summed E-state index contributed by atoms with van der Waals surface area (Å²) in [6.45, 7) is 3.43. The maximum Gasteiger partial charge on any atom is 0.390 e. The number of anilines is 1. The van der Waals surface area contributed by atoms with Crippen molar-refractivity contribution < 1.29 is 18.6 Å². The Morgan fingerprint density at radius 1 is 1.30 bits per heavy atom. The van der Waals surface area contributed by atoms with Gasteiger partial charge in [-0.05, 0) is 30.9 Å². The van der Waals surface area contributed by atoms with E-state index in [4.69, 9.17) is 16.1 Å². The molecule has 1 N–H and O–H groups in total. The average molecular weight is 474 g/mol. The Labute approximate surface area is 190 Å². The van der Waals surface area contributed by atoms with Gasteiger partial charge in [-0.2, -0.15) is 9.78 Å². The fraction of sp³-hybridized carbons (Fsp3) is 0.200. The summed E-state index contributed by atoms with van der Waals surface area (Å²) in [4.78, 5) is 23.2. The third kappa shape index (κ3) is 4.60. The molecule has 0 aliphatic rings. The van der Waals surface area contributed by atoms with Crippen LogP contribution >= 0.6 is 11.6 Å². The van der Waals surface area contributed by atoms with Gasteiger partial charge in [-0.25, -0.2) is 4.39 Å². The van der Waals surface area contributed by atoms with Gasteiger partial charge in [0, 0.05) is 16.8 Å². The number of carbonyl (C=O) groups excluding carboxylic acids is 1. The van der Waals surface area contributed by atoms with Crippen molar-refractivity contribution in [3.8, 4) is 0 Å². The smallest absolute Gasteiger partial charge is 0.361 e. The van der Waals surface area contributed by atoms with Gasteiger partial charge in [0.15, 0.2) is 5.69 Å². The highest BCUT2D eigenvalue weighted by Crippen LogP contribution is 2.22. The van der Waals surface area contributed by atoms with Crippen LogP contribution in [0.1, 0.15) is 33.1 Å². The second kappa shape index (κ2) is 8.82. The molecule has 4 aromatic rings. The molecule has 0 radical (unpaired) electrons. The molecule has 11 nitrogen and oxygen atoms in total. The van der Waals surface area contributed by atoms with Gasteiger partial charge in [-0.3, -0.25) is 9.48 Å². The lowest BCUT2D eigenvalue weighted by Gasteiger charge is -2.06. The Morgan fingerprint density at radius 3 is 2.79 bits per heavy atom. The molecule has 4 rings (SSSR count). The molecule has 0 atom stereocenters. The van der Waals surface area contributed by atoms with Gasteiger partial charge in [0.1, 0.15) is 11.6 Å². The molecule has 13 heteroatoms. The van der Waals surface area contributed by atoms with E-state index in [0.29, 0.717) is 22.7 Å². The maximum absolute atomic E-state index is 14.0. The summed E-state index contributed by atoms with van der Waals surface area (Å²) in [5.74, 6) is -0.942. The van der Waals surface area contributed by atoms with Crippen molar-refractivity contribution in [1.29, 1.82) is 0 Å². The summed E-state index contributed by atoms with van der Waals surface area (Å²) in [6.07, 6.45) is 2.93. The second-order valence-electron chi connectivity index (χ2n) is 7.21. The monoisotopic (exact) mass is 473 g/mol. The molecule has 0 fully saturated rings. The van der Waals surface area contributed by atoms with Crippen molar-refractivity contribution >= 4 is 29.0 Å². The van der Waals surface area contributed by atoms with E-state index in [-0.39, 0.29) is 35.2 Å². The predicted molar refractivity (Wildman–Crippen MR) is 115 cm³/mol. The first-order valence-corrected chi connectivity index (χ1v) is 10.0. The zero-order valence-corrected chi connectivity index (χ0v) is 18.2. The molecule has 170 valence electrons. The number of nitro groups is 1. The molecule has 33 heavy (non-hydrogen) atoms. The molecule has 0 bridgehead atoms. The standard InChI is InChI=1S/C20H17ClFN7O4/c1-11-6-18(29(31)32)25-28(11)10-14-12(2)33-26-19(14)20(30)24-13-7-23-27(8-13)9-15-16(21)4-3-5-17(15)22/h3-8H,9-10H2,1-2H3,(H,24,30). The Kier molecular flexibility index (Phi) is 5.92. The lowest BCUT2D eigenvalue weighted by Crippen LogP contribution is -2.16. The van der Waals surface area contributed by atoms with Gasteiger partial charge in [-0.15, -0.1) is 0 Å². The molecular formula is C20H17ClFN7O4. The fourth-order valence-corrected chi connectivity index (χ4v) is 3.42. The van der Waals surface area contributed by atoms with E-state index in [0.717, 1.165) is 0 Å². The number of aromatic nitrogens is 5. The van der Waals surface area contributed by atoms with E-state index in [1.165, 1.54) is 40.0 Å². The number of nitrogens with one attached hydrogen (secondary N) is 1. The summed E-state index contributed by atoms with van der Waals surface area (Å²) in [6, 6.07) is 5.73. The largest absolute Gasteiger partial charge is 0.390 e. The Bertz CT molecular complexity index is 1340. The molecule has 0 aliphatic heterocycles. The first-order valence-electron chi connectivity index (χ1n) is 9.63.